The maximum Gasteiger partial charge on any atom is 0.275 e. The Morgan fingerprint density at radius 3 is 2.65 bits per heavy atom. The maximum atomic E-state index is 12.0. The molecule has 100 valence electrons. The molecule has 1 aliphatic heterocycles. The number of hydrogen-bond donors (Lipinski definition) is 1. The van der Waals surface area contributed by atoms with Crippen LogP contribution in [0.3, 0.4) is 0 Å². The van der Waals surface area contributed by atoms with Gasteiger partial charge in [0.1, 0.15) is 5.71 Å². The minimum atomic E-state index is -0.246. The van der Waals surface area contributed by atoms with Crippen LogP contribution in [-0.2, 0) is 4.79 Å². The van der Waals surface area contributed by atoms with Gasteiger partial charge in [0.05, 0.1) is 16.4 Å². The molecule has 1 aliphatic rings. The van der Waals surface area contributed by atoms with E-state index in [-0.39, 0.29) is 5.91 Å². The Bertz CT molecular complexity index is 759. The lowest BCUT2D eigenvalue weighted by Gasteiger charge is -2.01. The van der Waals surface area contributed by atoms with Crippen LogP contribution in [0.4, 0.5) is 11.4 Å². The number of nitrogens with one attached hydrogen (secondary N) is 1. The molecule has 0 saturated carbocycles. The molecule has 0 unspecified atom stereocenters. The van der Waals surface area contributed by atoms with E-state index in [9.17, 15) is 4.79 Å². The highest BCUT2D eigenvalue weighted by Crippen LogP contribution is 2.32. The molecule has 0 aromatic heterocycles. The van der Waals surface area contributed by atoms with Gasteiger partial charge in [-0.3, -0.25) is 4.79 Å². The first-order valence-corrected chi connectivity index (χ1v) is 7.24. The number of amides is 1. The Morgan fingerprint density at radius 1 is 1.10 bits per heavy atom. The summed E-state index contributed by atoms with van der Waals surface area (Å²) in [5.74, 6) is -0.246. The summed E-state index contributed by atoms with van der Waals surface area (Å²) in [6.45, 7) is 0. The highest BCUT2D eigenvalue weighted by molar-refractivity contribution is 9.10. The molecule has 0 radical (unpaired) electrons. The van der Waals surface area contributed by atoms with Crippen LogP contribution < -0.4 is 5.32 Å². The summed E-state index contributed by atoms with van der Waals surface area (Å²) in [5.41, 5.74) is 2.33. The van der Waals surface area contributed by atoms with Crippen LogP contribution in [0.15, 0.2) is 45.9 Å². The summed E-state index contributed by atoms with van der Waals surface area (Å²) in [6, 6.07) is 10.5. The number of hydrogen-bond acceptors (Lipinski definition) is 2. The van der Waals surface area contributed by atoms with Gasteiger partial charge >= 0.3 is 0 Å². The quantitative estimate of drug-likeness (QED) is 0.768. The molecule has 0 fully saturated rings. The standard InChI is InChI=1S/C14H7BrCl2N2O/c15-7-1-3-11-9(5-7)13(14(20)19-11)18-12-4-2-8(16)6-10(12)17/h1-6H,(H,18,19,20). The fourth-order valence-corrected chi connectivity index (χ4v) is 2.74. The van der Waals surface area contributed by atoms with Crippen LogP contribution in [-0.4, -0.2) is 11.6 Å². The number of carbonyl (C=O) groups excluding carboxylic acids is 1. The van der Waals surface area contributed by atoms with Crippen molar-refractivity contribution in [2.45, 2.75) is 0 Å². The van der Waals surface area contributed by atoms with E-state index in [4.69, 9.17) is 23.2 Å². The lowest BCUT2D eigenvalue weighted by molar-refractivity contribution is -0.110. The highest BCUT2D eigenvalue weighted by atomic mass is 79.9. The number of benzene rings is 2. The van der Waals surface area contributed by atoms with Gasteiger partial charge in [-0.1, -0.05) is 39.1 Å². The second-order valence-electron chi connectivity index (χ2n) is 4.20. The Labute approximate surface area is 133 Å². The van der Waals surface area contributed by atoms with E-state index in [0.29, 0.717) is 21.4 Å². The number of carbonyl (C=O) groups is 1. The second kappa shape index (κ2) is 5.20. The van der Waals surface area contributed by atoms with Gasteiger partial charge in [-0.2, -0.15) is 0 Å². The lowest BCUT2D eigenvalue weighted by Crippen LogP contribution is -2.13. The summed E-state index contributed by atoms with van der Waals surface area (Å²) < 4.78 is 0.877. The molecule has 0 spiro atoms. The van der Waals surface area contributed by atoms with Crippen molar-refractivity contribution in [3.05, 3.63) is 56.5 Å². The van der Waals surface area contributed by atoms with E-state index in [1.807, 2.05) is 18.2 Å². The third kappa shape index (κ3) is 2.46. The molecule has 1 heterocycles. The van der Waals surface area contributed by atoms with E-state index in [0.717, 1.165) is 15.7 Å². The molecule has 20 heavy (non-hydrogen) atoms. The molecular formula is C14H7BrCl2N2O. The van der Waals surface area contributed by atoms with Crippen LogP contribution in [0.5, 0.6) is 0 Å². The van der Waals surface area contributed by atoms with Crippen molar-refractivity contribution in [1.29, 1.82) is 0 Å². The molecule has 1 amide bonds. The van der Waals surface area contributed by atoms with Crippen molar-refractivity contribution in [2.75, 3.05) is 5.32 Å². The van der Waals surface area contributed by atoms with Crippen LogP contribution in [0.1, 0.15) is 5.56 Å². The summed E-state index contributed by atoms with van der Waals surface area (Å²) in [6.07, 6.45) is 0. The van der Waals surface area contributed by atoms with Gasteiger partial charge in [0.25, 0.3) is 5.91 Å². The molecule has 0 atom stereocenters. The summed E-state index contributed by atoms with van der Waals surface area (Å²) in [5, 5.41) is 3.70. The zero-order valence-electron chi connectivity index (χ0n) is 9.95. The normalized spacial score (nSPS) is 15.3. The molecule has 3 rings (SSSR count). The average molecular weight is 370 g/mol. The van der Waals surface area contributed by atoms with Crippen molar-refractivity contribution in [3.63, 3.8) is 0 Å². The zero-order valence-corrected chi connectivity index (χ0v) is 13.1. The van der Waals surface area contributed by atoms with E-state index in [2.05, 4.69) is 26.2 Å². The first kappa shape index (κ1) is 13.6. The fraction of sp³-hybridized carbons (Fsp3) is 0. The third-order valence-electron chi connectivity index (χ3n) is 2.84. The molecule has 2 aromatic carbocycles. The summed E-state index contributed by atoms with van der Waals surface area (Å²) in [4.78, 5) is 16.4. The first-order chi connectivity index (χ1) is 9.54. The number of rotatable bonds is 1. The predicted octanol–water partition coefficient (Wildman–Crippen LogP) is 4.83. The van der Waals surface area contributed by atoms with Crippen LogP contribution in [0.25, 0.3) is 0 Å². The number of aliphatic imine (C=N–C) groups is 1. The van der Waals surface area contributed by atoms with Gasteiger partial charge in [0, 0.05) is 15.1 Å². The minimum Gasteiger partial charge on any atom is -0.320 e. The van der Waals surface area contributed by atoms with E-state index in [1.165, 1.54) is 0 Å². The van der Waals surface area contributed by atoms with Gasteiger partial charge in [-0.05, 0) is 36.4 Å². The van der Waals surface area contributed by atoms with Gasteiger partial charge < -0.3 is 5.32 Å². The number of fused-ring (bicyclic) bond motifs is 1. The molecule has 1 N–H and O–H groups in total. The lowest BCUT2D eigenvalue weighted by atomic mass is 10.1. The van der Waals surface area contributed by atoms with Gasteiger partial charge in [-0.25, -0.2) is 4.99 Å². The number of halogens is 3. The molecule has 6 heteroatoms. The summed E-state index contributed by atoms with van der Waals surface area (Å²) in [7, 11) is 0. The van der Waals surface area contributed by atoms with E-state index < -0.39 is 0 Å². The summed E-state index contributed by atoms with van der Waals surface area (Å²) >= 11 is 15.3. The largest absolute Gasteiger partial charge is 0.320 e. The third-order valence-corrected chi connectivity index (χ3v) is 3.87. The van der Waals surface area contributed by atoms with Crippen LogP contribution in [0, 0.1) is 0 Å². The Morgan fingerprint density at radius 2 is 1.90 bits per heavy atom. The topological polar surface area (TPSA) is 41.5 Å². The van der Waals surface area contributed by atoms with Gasteiger partial charge in [0.2, 0.25) is 0 Å². The zero-order chi connectivity index (χ0) is 14.3. The van der Waals surface area contributed by atoms with Crippen LogP contribution in [0.2, 0.25) is 10.0 Å². The predicted molar refractivity (Wildman–Crippen MR) is 85.4 cm³/mol. The van der Waals surface area contributed by atoms with E-state index >= 15 is 0 Å². The number of nitrogens with zero attached hydrogens (tertiary/aromatic N) is 1. The smallest absolute Gasteiger partial charge is 0.275 e. The van der Waals surface area contributed by atoms with Crippen molar-refractivity contribution < 1.29 is 4.79 Å². The molecule has 0 bridgehead atoms. The van der Waals surface area contributed by atoms with Crippen LogP contribution >= 0.6 is 39.1 Å². The fourth-order valence-electron chi connectivity index (χ4n) is 1.93. The maximum absolute atomic E-state index is 12.0. The monoisotopic (exact) mass is 368 g/mol. The molecule has 3 nitrogen and oxygen atoms in total. The van der Waals surface area contributed by atoms with Crippen molar-refractivity contribution >= 4 is 62.1 Å². The van der Waals surface area contributed by atoms with Crippen molar-refractivity contribution in [1.82, 2.24) is 0 Å². The van der Waals surface area contributed by atoms with E-state index in [1.54, 1.807) is 18.2 Å². The molecule has 0 aliphatic carbocycles. The van der Waals surface area contributed by atoms with Gasteiger partial charge in [0.15, 0.2) is 0 Å². The first-order valence-electron chi connectivity index (χ1n) is 5.69. The average Bonchev–Trinajstić information content (AvgIpc) is 2.69. The second-order valence-corrected chi connectivity index (χ2v) is 5.96. The SMILES string of the molecule is O=C1Nc2ccc(Br)cc2C1=Nc1ccc(Cl)cc1Cl. The Hall–Kier alpha value is -1.36. The van der Waals surface area contributed by atoms with Crippen molar-refractivity contribution in [3.8, 4) is 0 Å². The molecule has 0 saturated heterocycles. The number of anilines is 1. The van der Waals surface area contributed by atoms with Crippen molar-refractivity contribution in [2.24, 2.45) is 4.99 Å². The highest BCUT2D eigenvalue weighted by Gasteiger charge is 2.26. The Balaban J connectivity index is 2.13. The minimum absolute atomic E-state index is 0.246. The molecular weight excluding hydrogens is 363 g/mol. The Kier molecular flexibility index (Phi) is 3.54. The van der Waals surface area contributed by atoms with Gasteiger partial charge in [-0.15, -0.1) is 0 Å². The molecule has 2 aromatic rings.